The minimum Gasteiger partial charge on any atom is -0.0622 e. The smallest absolute Gasteiger partial charge is 0.0622 e. The average Bonchev–Trinajstić information content (AvgIpc) is 3.06. The van der Waals surface area contributed by atoms with E-state index >= 15 is 0 Å². The lowest BCUT2D eigenvalue weighted by Crippen LogP contribution is -1.91. The van der Waals surface area contributed by atoms with Crippen molar-refractivity contribution >= 4 is 32.3 Å². The molecule has 0 bridgehead atoms. The van der Waals surface area contributed by atoms with Gasteiger partial charge in [0.15, 0.2) is 0 Å². The highest BCUT2D eigenvalue weighted by Crippen LogP contribution is 2.44. The number of fused-ring (bicyclic) bond motifs is 3. The molecule has 0 heterocycles. The van der Waals surface area contributed by atoms with Crippen molar-refractivity contribution in [3.63, 3.8) is 0 Å². The standard InChI is InChI=1S/C36H24/c1-3-12-25(13-4-1)29-21-11-16-26-22-23-28(24-34(26)29)36-32-19-9-7-17-30(32)35(27-14-5-2-6-15-27)31-18-8-10-20-33(31)36/h1-24H/i7D,9D,11D,16D,17D,19D,21D,22D,23D. The molecule has 0 aliphatic heterocycles. The third-order valence-electron chi connectivity index (χ3n) is 6.57. The van der Waals surface area contributed by atoms with Gasteiger partial charge in [-0.1, -0.05) is 139 Å². The van der Waals surface area contributed by atoms with Crippen LogP contribution in [0.25, 0.3) is 65.7 Å². The molecular formula is C36H24. The van der Waals surface area contributed by atoms with Crippen LogP contribution >= 0.6 is 0 Å². The second-order valence-corrected chi connectivity index (χ2v) is 8.62. The first kappa shape index (κ1) is 13.4. The Morgan fingerprint density at radius 3 is 1.64 bits per heavy atom. The summed E-state index contributed by atoms with van der Waals surface area (Å²) in [5.74, 6) is 0. The summed E-state index contributed by atoms with van der Waals surface area (Å²) in [6.07, 6.45) is 0. The van der Waals surface area contributed by atoms with Crippen LogP contribution in [0.3, 0.4) is 0 Å². The Bertz CT molecular complexity index is 2350. The molecule has 0 spiro atoms. The molecule has 0 unspecified atom stereocenters. The van der Waals surface area contributed by atoms with Gasteiger partial charge in [0, 0.05) is 0 Å². The van der Waals surface area contributed by atoms with Gasteiger partial charge in [-0.15, -0.1) is 0 Å². The van der Waals surface area contributed by atoms with Crippen LogP contribution in [0.1, 0.15) is 12.3 Å². The second-order valence-electron chi connectivity index (χ2n) is 8.62. The summed E-state index contributed by atoms with van der Waals surface area (Å²) >= 11 is 0. The van der Waals surface area contributed by atoms with E-state index in [4.69, 9.17) is 11.0 Å². The second kappa shape index (κ2) is 8.52. The highest BCUT2D eigenvalue weighted by molar-refractivity contribution is 6.21. The van der Waals surface area contributed by atoms with Crippen LogP contribution in [0.15, 0.2) is 145 Å². The van der Waals surface area contributed by atoms with Gasteiger partial charge >= 0.3 is 0 Å². The Labute approximate surface area is 223 Å². The lowest BCUT2D eigenvalue weighted by molar-refractivity contribution is 1.64. The average molecular weight is 466 g/mol. The lowest BCUT2D eigenvalue weighted by atomic mass is 9.85. The fourth-order valence-electron chi connectivity index (χ4n) is 5.00. The molecule has 0 radical (unpaired) electrons. The van der Waals surface area contributed by atoms with E-state index in [-0.39, 0.29) is 64.7 Å². The highest BCUT2D eigenvalue weighted by atomic mass is 14.2. The van der Waals surface area contributed by atoms with E-state index in [1.165, 1.54) is 0 Å². The van der Waals surface area contributed by atoms with Crippen molar-refractivity contribution in [3.05, 3.63) is 145 Å². The highest BCUT2D eigenvalue weighted by Gasteiger charge is 2.16. The van der Waals surface area contributed by atoms with E-state index < -0.39 is 6.04 Å². The summed E-state index contributed by atoms with van der Waals surface area (Å²) in [5.41, 5.74) is 3.01. The van der Waals surface area contributed by atoms with Crippen molar-refractivity contribution in [1.29, 1.82) is 0 Å². The van der Waals surface area contributed by atoms with E-state index in [2.05, 4.69) is 0 Å². The van der Waals surface area contributed by atoms with E-state index in [1.54, 1.807) is 30.3 Å². The number of hydrogen-bond acceptors (Lipinski definition) is 0. The molecule has 0 N–H and O–H groups in total. The minimum atomic E-state index is -0.410. The summed E-state index contributed by atoms with van der Waals surface area (Å²) in [6, 6.07) is 24.9. The van der Waals surface area contributed by atoms with Crippen LogP contribution in [0.5, 0.6) is 0 Å². The molecule has 7 aromatic carbocycles. The lowest BCUT2D eigenvalue weighted by Gasteiger charge is -2.18. The van der Waals surface area contributed by atoms with Crippen LogP contribution in [-0.2, 0) is 0 Å². The molecule has 0 saturated heterocycles. The predicted octanol–water partition coefficient (Wildman–Crippen LogP) is 10.1. The SMILES string of the molecule is [2H]c1c([2H])c([2H])c2c([2H])c([2H])c(-c3c4ccccc4c(-c4ccccc4)c4c([2H])c([2H])c([2H])c([2H])c34)cc2c1-c1ccccc1. The summed E-state index contributed by atoms with van der Waals surface area (Å²) in [4.78, 5) is 0. The van der Waals surface area contributed by atoms with Gasteiger partial charge in [-0.05, 0) is 71.8 Å². The quantitative estimate of drug-likeness (QED) is 0.228. The Hall–Kier alpha value is -4.68. The first-order valence-corrected chi connectivity index (χ1v) is 11.7. The fourth-order valence-corrected chi connectivity index (χ4v) is 5.00. The molecule has 0 heteroatoms. The Balaban J connectivity index is 1.76. The topological polar surface area (TPSA) is 0 Å². The molecule has 0 fully saturated rings. The maximum absolute atomic E-state index is 9.23. The van der Waals surface area contributed by atoms with Crippen molar-refractivity contribution in [3.8, 4) is 33.4 Å². The van der Waals surface area contributed by atoms with Crippen LogP contribution < -0.4 is 0 Å². The number of hydrogen-bond donors (Lipinski definition) is 0. The number of benzene rings is 7. The third kappa shape index (κ3) is 3.31. The Morgan fingerprint density at radius 1 is 0.389 bits per heavy atom. The molecular weight excluding hydrogens is 432 g/mol. The van der Waals surface area contributed by atoms with Gasteiger partial charge in [0.1, 0.15) is 0 Å². The van der Waals surface area contributed by atoms with Crippen molar-refractivity contribution in [2.45, 2.75) is 0 Å². The zero-order chi connectivity index (χ0) is 31.7. The van der Waals surface area contributed by atoms with E-state index in [0.717, 1.165) is 10.9 Å². The zero-order valence-electron chi connectivity index (χ0n) is 28.2. The van der Waals surface area contributed by atoms with Crippen molar-refractivity contribution in [2.24, 2.45) is 0 Å². The molecule has 168 valence electrons. The van der Waals surface area contributed by atoms with Crippen LogP contribution in [0, 0.1) is 0 Å². The monoisotopic (exact) mass is 465 g/mol. The molecule has 7 rings (SSSR count). The van der Waals surface area contributed by atoms with Crippen LogP contribution in [0.2, 0.25) is 0 Å². The summed E-state index contributed by atoms with van der Waals surface area (Å²) < 4.78 is 79.7. The van der Waals surface area contributed by atoms with Crippen LogP contribution in [-0.4, -0.2) is 0 Å². The van der Waals surface area contributed by atoms with Gasteiger partial charge < -0.3 is 0 Å². The largest absolute Gasteiger partial charge is 0.0629 e. The molecule has 0 aliphatic carbocycles. The van der Waals surface area contributed by atoms with Crippen molar-refractivity contribution in [2.75, 3.05) is 0 Å². The maximum atomic E-state index is 9.23. The molecule has 36 heavy (non-hydrogen) atoms. The summed E-state index contributed by atoms with van der Waals surface area (Å²) in [7, 11) is 0. The van der Waals surface area contributed by atoms with Gasteiger partial charge in [0.25, 0.3) is 0 Å². The first-order valence-electron chi connectivity index (χ1n) is 16.2. The fraction of sp³-hybridized carbons (Fsp3) is 0. The molecule has 0 atom stereocenters. The molecule has 0 saturated carbocycles. The van der Waals surface area contributed by atoms with E-state index in [9.17, 15) is 1.37 Å². The summed E-state index contributed by atoms with van der Waals surface area (Å²) in [5, 5.41) is 2.32. The molecule has 0 aliphatic rings. The Morgan fingerprint density at radius 2 is 0.972 bits per heavy atom. The van der Waals surface area contributed by atoms with Gasteiger partial charge in [0.2, 0.25) is 0 Å². The van der Waals surface area contributed by atoms with Gasteiger partial charge in [0.05, 0.1) is 12.3 Å². The maximum Gasteiger partial charge on any atom is 0.0629 e. The minimum absolute atomic E-state index is 0.0834. The van der Waals surface area contributed by atoms with Crippen molar-refractivity contribution in [1.82, 2.24) is 0 Å². The number of rotatable bonds is 3. The van der Waals surface area contributed by atoms with Crippen molar-refractivity contribution < 1.29 is 12.3 Å². The third-order valence-corrected chi connectivity index (χ3v) is 6.57. The van der Waals surface area contributed by atoms with E-state index in [1.807, 2.05) is 60.7 Å². The molecule has 0 aromatic heterocycles. The van der Waals surface area contributed by atoms with E-state index in [0.29, 0.717) is 38.4 Å². The van der Waals surface area contributed by atoms with Gasteiger partial charge in [-0.2, -0.15) is 0 Å². The molecule has 0 amide bonds. The van der Waals surface area contributed by atoms with Gasteiger partial charge in [-0.25, -0.2) is 0 Å². The van der Waals surface area contributed by atoms with Crippen LogP contribution in [0.4, 0.5) is 0 Å². The molecule has 7 aromatic rings. The first-order chi connectivity index (χ1) is 21.6. The Kier molecular flexibility index (Phi) is 3.17. The normalized spacial score (nSPS) is 14.8. The van der Waals surface area contributed by atoms with Gasteiger partial charge in [-0.3, -0.25) is 0 Å². The predicted molar refractivity (Wildman–Crippen MR) is 155 cm³/mol. The summed E-state index contributed by atoms with van der Waals surface area (Å²) in [6.45, 7) is 0. The zero-order valence-corrected chi connectivity index (χ0v) is 19.2. The molecule has 0 nitrogen and oxygen atoms in total.